The normalized spacial score (nSPS) is 11.6. The number of para-hydroxylation sites is 2. The predicted molar refractivity (Wildman–Crippen MR) is 232 cm³/mol. The van der Waals surface area contributed by atoms with Crippen LogP contribution in [0.15, 0.2) is 206 Å². The van der Waals surface area contributed by atoms with Crippen LogP contribution in [0, 0.1) is 0 Å². The maximum Gasteiger partial charge on any atom is 0.138 e. The highest BCUT2D eigenvalue weighted by atomic mass is 15.1. The molecule has 0 bridgehead atoms. The minimum Gasteiger partial charge on any atom is -0.294 e. The standard InChI is InChI=1S/C52H34N4/c1-3-15-35(16-4-1)37-19-11-21-39(33-37)44-25-13-29-49(53-44)55-47-28-10-8-24-43(47)51-48(55)32-31-42-41-23-7-9-27-46(41)56(52(42)51)50-30-14-26-45(54-50)40-22-12-20-38(34-40)36-17-5-2-6-18-36/h1-34H. The Bertz CT molecular complexity index is 3250. The lowest BCUT2D eigenvalue weighted by Gasteiger charge is -2.12. The summed E-state index contributed by atoms with van der Waals surface area (Å²) in [5, 5.41) is 4.72. The van der Waals surface area contributed by atoms with Gasteiger partial charge >= 0.3 is 0 Å². The number of benzene rings is 7. The van der Waals surface area contributed by atoms with E-state index in [4.69, 9.17) is 9.97 Å². The van der Waals surface area contributed by atoms with Gasteiger partial charge in [0.25, 0.3) is 0 Å². The van der Waals surface area contributed by atoms with Crippen LogP contribution in [0.3, 0.4) is 0 Å². The van der Waals surface area contributed by atoms with Crippen LogP contribution in [-0.4, -0.2) is 19.1 Å². The first-order valence-corrected chi connectivity index (χ1v) is 19.0. The van der Waals surface area contributed by atoms with E-state index < -0.39 is 0 Å². The van der Waals surface area contributed by atoms with E-state index in [-0.39, 0.29) is 0 Å². The molecule has 56 heavy (non-hydrogen) atoms. The molecule has 0 spiro atoms. The third-order valence-electron chi connectivity index (χ3n) is 10.9. The van der Waals surface area contributed by atoms with Crippen molar-refractivity contribution in [3.63, 3.8) is 0 Å². The topological polar surface area (TPSA) is 35.6 Å². The Morgan fingerprint density at radius 3 is 1.36 bits per heavy atom. The number of fused-ring (bicyclic) bond motifs is 7. The smallest absolute Gasteiger partial charge is 0.138 e. The van der Waals surface area contributed by atoms with Gasteiger partial charge in [0.1, 0.15) is 11.6 Å². The number of hydrogen-bond donors (Lipinski definition) is 0. The van der Waals surface area contributed by atoms with Gasteiger partial charge in [-0.1, -0.05) is 152 Å². The minimum atomic E-state index is 0.874. The average molecular weight is 715 g/mol. The molecule has 4 heteroatoms. The Morgan fingerprint density at radius 1 is 0.286 bits per heavy atom. The molecule has 0 aliphatic rings. The summed E-state index contributed by atoms with van der Waals surface area (Å²) < 4.78 is 4.67. The minimum absolute atomic E-state index is 0.874. The fourth-order valence-corrected chi connectivity index (χ4v) is 8.39. The molecule has 0 amide bonds. The fourth-order valence-electron chi connectivity index (χ4n) is 8.39. The van der Waals surface area contributed by atoms with Gasteiger partial charge in [-0.25, -0.2) is 9.97 Å². The highest BCUT2D eigenvalue weighted by Crippen LogP contribution is 2.42. The van der Waals surface area contributed by atoms with Crippen LogP contribution in [0.25, 0.3) is 100 Å². The maximum absolute atomic E-state index is 5.39. The quantitative estimate of drug-likeness (QED) is 0.172. The molecular weight excluding hydrogens is 681 g/mol. The highest BCUT2D eigenvalue weighted by Gasteiger charge is 2.22. The largest absolute Gasteiger partial charge is 0.294 e. The summed E-state index contributed by atoms with van der Waals surface area (Å²) in [6.07, 6.45) is 0. The first kappa shape index (κ1) is 31.9. The number of aromatic nitrogens is 4. The monoisotopic (exact) mass is 714 g/mol. The Hall–Kier alpha value is -7.56. The highest BCUT2D eigenvalue weighted by molar-refractivity contribution is 6.26. The lowest BCUT2D eigenvalue weighted by Crippen LogP contribution is -2.00. The summed E-state index contributed by atoms with van der Waals surface area (Å²) in [5.74, 6) is 1.75. The molecule has 262 valence electrons. The van der Waals surface area contributed by atoms with Gasteiger partial charge in [-0.15, -0.1) is 0 Å². The first-order valence-electron chi connectivity index (χ1n) is 19.0. The van der Waals surface area contributed by atoms with Crippen molar-refractivity contribution in [3.05, 3.63) is 206 Å². The van der Waals surface area contributed by atoms with E-state index in [1.54, 1.807) is 0 Å². The fraction of sp³-hybridized carbons (Fsp3) is 0. The number of pyridine rings is 2. The molecule has 4 aromatic heterocycles. The van der Waals surface area contributed by atoms with Gasteiger partial charge in [0.2, 0.25) is 0 Å². The molecule has 0 fully saturated rings. The number of hydrogen-bond acceptors (Lipinski definition) is 2. The Morgan fingerprint density at radius 2 is 0.750 bits per heavy atom. The van der Waals surface area contributed by atoms with Crippen molar-refractivity contribution in [3.8, 4) is 56.4 Å². The number of nitrogens with zero attached hydrogens (tertiary/aromatic N) is 4. The van der Waals surface area contributed by atoms with E-state index in [0.717, 1.165) is 56.2 Å². The third-order valence-corrected chi connectivity index (χ3v) is 10.9. The SMILES string of the molecule is c1ccc(-c2cccc(-c3cccc(-n4c5ccccc5c5c4ccc4c6ccccc6n(-c6cccc(-c7cccc(-c8ccccc8)c7)n6)c45)n3)c2)cc1. The second kappa shape index (κ2) is 13.1. The van der Waals surface area contributed by atoms with Crippen LogP contribution >= 0.6 is 0 Å². The van der Waals surface area contributed by atoms with Crippen molar-refractivity contribution < 1.29 is 0 Å². The Labute approximate surface area is 324 Å². The third kappa shape index (κ3) is 5.23. The van der Waals surface area contributed by atoms with Crippen LogP contribution in [-0.2, 0) is 0 Å². The number of rotatable bonds is 6. The van der Waals surface area contributed by atoms with E-state index in [1.165, 1.54) is 43.8 Å². The van der Waals surface area contributed by atoms with E-state index in [1.807, 2.05) is 0 Å². The van der Waals surface area contributed by atoms with Gasteiger partial charge in [-0.2, -0.15) is 0 Å². The summed E-state index contributed by atoms with van der Waals surface area (Å²) in [4.78, 5) is 10.7. The van der Waals surface area contributed by atoms with Crippen LogP contribution in [0.1, 0.15) is 0 Å². The van der Waals surface area contributed by atoms with E-state index in [9.17, 15) is 0 Å². The lowest BCUT2D eigenvalue weighted by molar-refractivity contribution is 1.08. The zero-order valence-corrected chi connectivity index (χ0v) is 30.4. The molecule has 0 N–H and O–H groups in total. The predicted octanol–water partition coefficient (Wildman–Crippen LogP) is 13.3. The molecule has 4 nitrogen and oxygen atoms in total. The van der Waals surface area contributed by atoms with Crippen LogP contribution < -0.4 is 0 Å². The van der Waals surface area contributed by atoms with Gasteiger partial charge < -0.3 is 0 Å². The van der Waals surface area contributed by atoms with Crippen molar-refractivity contribution >= 4 is 43.6 Å². The van der Waals surface area contributed by atoms with Crippen LogP contribution in [0.2, 0.25) is 0 Å². The zero-order valence-electron chi connectivity index (χ0n) is 30.4. The second-order valence-corrected chi connectivity index (χ2v) is 14.2. The van der Waals surface area contributed by atoms with Crippen molar-refractivity contribution in [1.82, 2.24) is 19.1 Å². The molecule has 11 rings (SSSR count). The van der Waals surface area contributed by atoms with Crippen LogP contribution in [0.4, 0.5) is 0 Å². The Kier molecular flexibility index (Phi) is 7.46. The van der Waals surface area contributed by atoms with E-state index >= 15 is 0 Å². The van der Waals surface area contributed by atoms with Crippen LogP contribution in [0.5, 0.6) is 0 Å². The maximum atomic E-state index is 5.39. The lowest BCUT2D eigenvalue weighted by atomic mass is 10.0. The van der Waals surface area contributed by atoms with Gasteiger partial charge in [-0.05, 0) is 76.9 Å². The van der Waals surface area contributed by atoms with E-state index in [2.05, 4.69) is 215 Å². The molecule has 0 atom stereocenters. The summed E-state index contributed by atoms with van der Waals surface area (Å²) in [6.45, 7) is 0. The first-order chi connectivity index (χ1) is 27.8. The molecule has 0 aliphatic heterocycles. The second-order valence-electron chi connectivity index (χ2n) is 14.2. The molecule has 0 saturated carbocycles. The molecule has 11 aromatic rings. The van der Waals surface area contributed by atoms with Gasteiger partial charge in [0, 0.05) is 32.7 Å². The van der Waals surface area contributed by atoms with Gasteiger partial charge in [0.15, 0.2) is 0 Å². The summed E-state index contributed by atoms with van der Waals surface area (Å²) in [6, 6.07) is 72.9. The molecule has 7 aromatic carbocycles. The molecule has 0 unspecified atom stereocenters. The molecule has 0 radical (unpaired) electrons. The van der Waals surface area contributed by atoms with Crippen molar-refractivity contribution in [2.45, 2.75) is 0 Å². The van der Waals surface area contributed by atoms with Gasteiger partial charge in [-0.3, -0.25) is 9.13 Å². The Balaban J connectivity index is 1.12. The van der Waals surface area contributed by atoms with Crippen molar-refractivity contribution in [1.29, 1.82) is 0 Å². The van der Waals surface area contributed by atoms with Crippen molar-refractivity contribution in [2.75, 3.05) is 0 Å². The summed E-state index contributed by atoms with van der Waals surface area (Å²) >= 11 is 0. The molecule has 0 aliphatic carbocycles. The molecule has 4 heterocycles. The van der Waals surface area contributed by atoms with Crippen molar-refractivity contribution in [2.24, 2.45) is 0 Å². The summed E-state index contributed by atoms with van der Waals surface area (Å²) in [5.41, 5.74) is 13.2. The summed E-state index contributed by atoms with van der Waals surface area (Å²) in [7, 11) is 0. The zero-order chi connectivity index (χ0) is 37.0. The van der Waals surface area contributed by atoms with E-state index in [0.29, 0.717) is 0 Å². The molecule has 0 saturated heterocycles. The van der Waals surface area contributed by atoms with Gasteiger partial charge in [0.05, 0.1) is 33.5 Å². The average Bonchev–Trinajstić information content (AvgIpc) is 3.80. The molecular formula is C52H34N4.